The van der Waals surface area contributed by atoms with Gasteiger partial charge in [-0.2, -0.15) is 5.10 Å². The fourth-order valence-corrected chi connectivity index (χ4v) is 2.56. The van der Waals surface area contributed by atoms with Crippen molar-refractivity contribution in [1.29, 1.82) is 0 Å². The molecule has 0 atom stereocenters. The third-order valence-corrected chi connectivity index (χ3v) is 4.04. The number of benzene rings is 1. The lowest BCUT2D eigenvalue weighted by Crippen LogP contribution is -2.45. The highest BCUT2D eigenvalue weighted by molar-refractivity contribution is 6.05. The van der Waals surface area contributed by atoms with Gasteiger partial charge >= 0.3 is 0 Å². The first-order valence-electron chi connectivity index (χ1n) is 8.13. The van der Waals surface area contributed by atoms with E-state index in [4.69, 9.17) is 0 Å². The van der Waals surface area contributed by atoms with Crippen LogP contribution in [0.3, 0.4) is 0 Å². The summed E-state index contributed by atoms with van der Waals surface area (Å²) in [6, 6.07) is 6.80. The summed E-state index contributed by atoms with van der Waals surface area (Å²) in [5, 5.41) is 5.00. The Balaban J connectivity index is 2.31. The second kappa shape index (κ2) is 7.72. The monoisotopic (exact) mass is 330 g/mol. The van der Waals surface area contributed by atoms with E-state index in [0.29, 0.717) is 30.2 Å². The topological polar surface area (TPSA) is 93.1 Å². The number of amides is 2. The Morgan fingerprint density at radius 3 is 2.29 bits per heavy atom. The maximum Gasteiger partial charge on any atom is 0.290 e. The van der Waals surface area contributed by atoms with Gasteiger partial charge in [-0.15, -0.1) is 0 Å². The number of aryl methyl sites for hydroxylation is 1. The first-order chi connectivity index (χ1) is 11.5. The predicted molar refractivity (Wildman–Crippen MR) is 91.4 cm³/mol. The van der Waals surface area contributed by atoms with Crippen LogP contribution in [0.1, 0.15) is 44.1 Å². The van der Waals surface area contributed by atoms with E-state index < -0.39 is 5.91 Å². The molecule has 0 aliphatic rings. The van der Waals surface area contributed by atoms with Crippen LogP contribution >= 0.6 is 0 Å². The zero-order chi connectivity index (χ0) is 17.7. The summed E-state index contributed by atoms with van der Waals surface area (Å²) < 4.78 is 1.24. The van der Waals surface area contributed by atoms with Gasteiger partial charge in [0, 0.05) is 17.8 Å². The van der Waals surface area contributed by atoms with Crippen LogP contribution in [0.2, 0.25) is 0 Å². The van der Waals surface area contributed by atoms with Gasteiger partial charge in [0.25, 0.3) is 11.5 Å². The molecule has 0 aliphatic carbocycles. The maximum atomic E-state index is 12.4. The van der Waals surface area contributed by atoms with Crippen LogP contribution in [-0.4, -0.2) is 21.6 Å². The lowest BCUT2D eigenvalue weighted by atomic mass is 10.0. The second-order valence-corrected chi connectivity index (χ2v) is 5.47. The highest BCUT2D eigenvalue weighted by atomic mass is 16.2. The van der Waals surface area contributed by atoms with Crippen LogP contribution in [0, 0.1) is 5.92 Å². The molecule has 2 amide bonds. The summed E-state index contributed by atoms with van der Waals surface area (Å²) in [4.78, 5) is 36.7. The van der Waals surface area contributed by atoms with Crippen molar-refractivity contribution < 1.29 is 9.59 Å². The van der Waals surface area contributed by atoms with Gasteiger partial charge < -0.3 is 0 Å². The number of carbonyl (C=O) groups is 2. The normalized spacial score (nSPS) is 10.8. The average molecular weight is 330 g/mol. The van der Waals surface area contributed by atoms with Gasteiger partial charge in [-0.05, 0) is 25.8 Å². The minimum Gasteiger partial charge on any atom is -0.273 e. The van der Waals surface area contributed by atoms with Gasteiger partial charge in [0.1, 0.15) is 0 Å². The number of hydrogen-bond donors (Lipinski definition) is 2. The molecule has 0 radical (unpaired) electrons. The van der Waals surface area contributed by atoms with Crippen molar-refractivity contribution in [1.82, 2.24) is 20.6 Å². The molecule has 2 rings (SSSR count). The average Bonchev–Trinajstić information content (AvgIpc) is 2.61. The van der Waals surface area contributed by atoms with Crippen molar-refractivity contribution >= 4 is 22.6 Å². The Labute approximate surface area is 140 Å². The van der Waals surface area contributed by atoms with Crippen molar-refractivity contribution in [3.05, 3.63) is 40.3 Å². The SMILES string of the molecule is CCC(CC)C(=O)NNC(=O)c1nn(CC)c(=O)c2ccccc12. The molecule has 0 unspecified atom stereocenters. The molecular formula is C17H22N4O3. The fourth-order valence-electron chi connectivity index (χ4n) is 2.56. The van der Waals surface area contributed by atoms with Crippen molar-refractivity contribution in [2.45, 2.75) is 40.2 Å². The predicted octanol–water partition coefficient (Wildman–Crippen LogP) is 1.61. The zero-order valence-corrected chi connectivity index (χ0v) is 14.1. The third-order valence-electron chi connectivity index (χ3n) is 4.04. The summed E-state index contributed by atoms with van der Waals surface area (Å²) in [6.45, 7) is 5.97. The Morgan fingerprint density at radius 2 is 1.71 bits per heavy atom. The number of carbonyl (C=O) groups excluding carboxylic acids is 2. The second-order valence-electron chi connectivity index (χ2n) is 5.47. The largest absolute Gasteiger partial charge is 0.290 e. The molecule has 7 heteroatoms. The molecule has 1 aromatic heterocycles. The quantitative estimate of drug-likeness (QED) is 0.815. The number of rotatable bonds is 5. The van der Waals surface area contributed by atoms with Gasteiger partial charge in [0.2, 0.25) is 5.91 Å². The molecule has 1 heterocycles. The molecule has 2 aromatic rings. The Morgan fingerprint density at radius 1 is 1.08 bits per heavy atom. The molecule has 2 N–H and O–H groups in total. The molecule has 24 heavy (non-hydrogen) atoms. The molecule has 0 fully saturated rings. The summed E-state index contributed by atoms with van der Waals surface area (Å²) in [6.07, 6.45) is 1.39. The molecule has 0 spiro atoms. The van der Waals surface area contributed by atoms with Crippen LogP contribution in [0.4, 0.5) is 0 Å². The van der Waals surface area contributed by atoms with Crippen LogP contribution in [0.15, 0.2) is 29.1 Å². The Bertz CT molecular complexity index is 809. The van der Waals surface area contributed by atoms with E-state index in [1.165, 1.54) is 4.68 Å². The number of aromatic nitrogens is 2. The Hall–Kier alpha value is -2.70. The molecule has 0 aliphatic heterocycles. The summed E-state index contributed by atoms with van der Waals surface area (Å²) in [5.74, 6) is -0.936. The van der Waals surface area contributed by atoms with E-state index in [9.17, 15) is 14.4 Å². The molecule has 0 bridgehead atoms. The lowest BCUT2D eigenvalue weighted by Gasteiger charge is -2.14. The Kier molecular flexibility index (Phi) is 5.68. The van der Waals surface area contributed by atoms with E-state index in [1.54, 1.807) is 31.2 Å². The number of fused-ring (bicyclic) bond motifs is 1. The van der Waals surface area contributed by atoms with Crippen molar-refractivity contribution in [3.63, 3.8) is 0 Å². The first kappa shape index (κ1) is 17.7. The number of hydrazine groups is 1. The van der Waals surface area contributed by atoms with E-state index in [-0.39, 0.29) is 23.1 Å². The lowest BCUT2D eigenvalue weighted by molar-refractivity contribution is -0.126. The molecule has 7 nitrogen and oxygen atoms in total. The van der Waals surface area contributed by atoms with Gasteiger partial charge in [-0.3, -0.25) is 25.2 Å². The van der Waals surface area contributed by atoms with E-state index in [0.717, 1.165) is 0 Å². The van der Waals surface area contributed by atoms with Crippen LogP contribution in [-0.2, 0) is 11.3 Å². The van der Waals surface area contributed by atoms with Crippen LogP contribution < -0.4 is 16.4 Å². The standard InChI is InChI=1S/C17H22N4O3/c1-4-11(5-2)15(22)18-19-16(23)14-12-9-7-8-10-13(12)17(24)21(6-3)20-14/h7-11H,4-6H2,1-3H3,(H,18,22)(H,19,23). The van der Waals surface area contributed by atoms with Crippen molar-refractivity contribution in [2.75, 3.05) is 0 Å². The molecule has 1 aromatic carbocycles. The maximum absolute atomic E-state index is 12.4. The molecular weight excluding hydrogens is 308 g/mol. The van der Waals surface area contributed by atoms with E-state index in [1.807, 2.05) is 13.8 Å². The fraction of sp³-hybridized carbons (Fsp3) is 0.412. The highest BCUT2D eigenvalue weighted by Crippen LogP contribution is 2.13. The van der Waals surface area contributed by atoms with Crippen LogP contribution in [0.5, 0.6) is 0 Å². The summed E-state index contributed by atoms with van der Waals surface area (Å²) >= 11 is 0. The number of hydrogen-bond acceptors (Lipinski definition) is 4. The molecule has 0 saturated heterocycles. The van der Waals surface area contributed by atoms with Crippen molar-refractivity contribution in [3.8, 4) is 0 Å². The van der Waals surface area contributed by atoms with Gasteiger partial charge in [-0.1, -0.05) is 32.0 Å². The van der Waals surface area contributed by atoms with E-state index >= 15 is 0 Å². The smallest absolute Gasteiger partial charge is 0.273 e. The first-order valence-corrected chi connectivity index (χ1v) is 8.13. The third kappa shape index (κ3) is 3.45. The number of nitrogens with one attached hydrogen (secondary N) is 2. The molecule has 0 saturated carbocycles. The highest BCUT2D eigenvalue weighted by Gasteiger charge is 2.18. The number of nitrogens with zero attached hydrogens (tertiary/aromatic N) is 2. The van der Waals surface area contributed by atoms with Gasteiger partial charge in [0.15, 0.2) is 5.69 Å². The minimum atomic E-state index is -0.548. The van der Waals surface area contributed by atoms with E-state index in [2.05, 4.69) is 16.0 Å². The van der Waals surface area contributed by atoms with Gasteiger partial charge in [-0.25, -0.2) is 4.68 Å². The zero-order valence-electron chi connectivity index (χ0n) is 14.1. The molecule has 128 valence electrons. The summed E-state index contributed by atoms with van der Waals surface area (Å²) in [7, 11) is 0. The van der Waals surface area contributed by atoms with Crippen LogP contribution in [0.25, 0.3) is 10.8 Å². The van der Waals surface area contributed by atoms with Gasteiger partial charge in [0.05, 0.1) is 5.39 Å². The van der Waals surface area contributed by atoms with Crippen molar-refractivity contribution in [2.24, 2.45) is 5.92 Å². The minimum absolute atomic E-state index is 0.108. The summed E-state index contributed by atoms with van der Waals surface area (Å²) in [5.41, 5.74) is 4.69.